The van der Waals surface area contributed by atoms with Crippen LogP contribution in [0.5, 0.6) is 0 Å². The van der Waals surface area contributed by atoms with Crippen molar-refractivity contribution in [1.29, 1.82) is 0 Å². The maximum atomic E-state index is 5.57. The van der Waals surface area contributed by atoms with Gasteiger partial charge in [0, 0.05) is 26.2 Å². The molecule has 2 N–H and O–H groups in total. The van der Waals surface area contributed by atoms with Crippen LogP contribution in [-0.2, 0) is 6.54 Å². The van der Waals surface area contributed by atoms with Gasteiger partial charge in [-0.3, -0.25) is 4.99 Å². The van der Waals surface area contributed by atoms with E-state index in [1.54, 1.807) is 7.05 Å². The van der Waals surface area contributed by atoms with Gasteiger partial charge in [-0.1, -0.05) is 0 Å². The molecule has 2 heterocycles. The van der Waals surface area contributed by atoms with E-state index in [0.717, 1.165) is 35.9 Å². The van der Waals surface area contributed by atoms with E-state index in [1.807, 2.05) is 13.8 Å². The van der Waals surface area contributed by atoms with Crippen LogP contribution in [0, 0.1) is 19.8 Å². The third kappa shape index (κ3) is 3.80. The van der Waals surface area contributed by atoms with Gasteiger partial charge in [0.1, 0.15) is 5.76 Å². The normalized spacial score (nSPS) is 23.0. The summed E-state index contributed by atoms with van der Waals surface area (Å²) < 4.78 is 5.57. The molecule has 6 nitrogen and oxygen atoms in total. The number of aryl methyl sites for hydroxylation is 2. The molecule has 0 aromatic carbocycles. The summed E-state index contributed by atoms with van der Waals surface area (Å²) >= 11 is 0. The molecule has 1 aliphatic heterocycles. The predicted molar refractivity (Wildman–Crippen MR) is 86.9 cm³/mol. The van der Waals surface area contributed by atoms with Crippen molar-refractivity contribution in [2.24, 2.45) is 10.9 Å². The number of hydrogen-bond donors (Lipinski definition) is 2. The summed E-state index contributed by atoms with van der Waals surface area (Å²) in [5.41, 5.74) is 0.950. The zero-order valence-corrected chi connectivity index (χ0v) is 13.9. The Bertz CT molecular complexity index is 515. The van der Waals surface area contributed by atoms with E-state index < -0.39 is 0 Å². The predicted octanol–water partition coefficient (Wildman–Crippen LogP) is 1.44. The van der Waals surface area contributed by atoms with Gasteiger partial charge in [0.25, 0.3) is 0 Å². The number of nitrogens with zero attached hydrogens (tertiary/aromatic N) is 3. The SMILES string of the molecule is CN=C(NCc1nc(C)c(C)o1)NCC1CCN(C2CC2)C1. The first-order chi connectivity index (χ1) is 10.7. The Kier molecular flexibility index (Phi) is 4.66. The van der Waals surface area contributed by atoms with Gasteiger partial charge < -0.3 is 20.0 Å². The van der Waals surface area contributed by atoms with E-state index >= 15 is 0 Å². The topological polar surface area (TPSA) is 65.7 Å². The Morgan fingerprint density at radius 1 is 1.32 bits per heavy atom. The van der Waals surface area contributed by atoms with Crippen LogP contribution in [-0.4, -0.2) is 48.6 Å². The highest BCUT2D eigenvalue weighted by atomic mass is 16.4. The first-order valence-electron chi connectivity index (χ1n) is 8.27. The second-order valence-corrected chi connectivity index (χ2v) is 6.44. The molecule has 1 saturated heterocycles. The smallest absolute Gasteiger partial charge is 0.214 e. The van der Waals surface area contributed by atoms with Gasteiger partial charge in [0.2, 0.25) is 5.89 Å². The van der Waals surface area contributed by atoms with Crippen LogP contribution in [0.3, 0.4) is 0 Å². The number of hydrogen-bond acceptors (Lipinski definition) is 4. The van der Waals surface area contributed by atoms with Crippen molar-refractivity contribution in [3.8, 4) is 0 Å². The van der Waals surface area contributed by atoms with E-state index in [2.05, 4.69) is 25.5 Å². The second-order valence-electron chi connectivity index (χ2n) is 6.44. The lowest BCUT2D eigenvalue weighted by atomic mass is 10.1. The van der Waals surface area contributed by atoms with E-state index in [0.29, 0.717) is 12.4 Å². The average Bonchev–Trinajstić information content (AvgIpc) is 3.17. The highest BCUT2D eigenvalue weighted by Crippen LogP contribution is 2.31. The Morgan fingerprint density at radius 2 is 2.14 bits per heavy atom. The summed E-state index contributed by atoms with van der Waals surface area (Å²) in [5.74, 6) is 3.13. The largest absolute Gasteiger partial charge is 0.444 e. The molecule has 1 saturated carbocycles. The molecule has 22 heavy (non-hydrogen) atoms. The monoisotopic (exact) mass is 305 g/mol. The number of oxazole rings is 1. The third-order valence-electron chi connectivity index (χ3n) is 4.64. The summed E-state index contributed by atoms with van der Waals surface area (Å²) in [6.45, 7) is 7.93. The Hall–Kier alpha value is -1.56. The molecule has 1 aliphatic carbocycles. The number of aromatic nitrogens is 1. The van der Waals surface area contributed by atoms with Crippen LogP contribution in [0.2, 0.25) is 0 Å². The van der Waals surface area contributed by atoms with E-state index in [-0.39, 0.29) is 0 Å². The van der Waals surface area contributed by atoms with Crippen LogP contribution >= 0.6 is 0 Å². The highest BCUT2D eigenvalue weighted by Gasteiger charge is 2.34. The van der Waals surface area contributed by atoms with Crippen molar-refractivity contribution in [3.05, 3.63) is 17.3 Å². The lowest BCUT2D eigenvalue weighted by molar-refractivity contribution is 0.314. The summed E-state index contributed by atoms with van der Waals surface area (Å²) in [5, 5.41) is 6.69. The molecule has 0 spiro atoms. The summed E-state index contributed by atoms with van der Waals surface area (Å²) in [4.78, 5) is 11.3. The molecular formula is C16H27N5O. The van der Waals surface area contributed by atoms with Crippen LogP contribution < -0.4 is 10.6 Å². The Morgan fingerprint density at radius 3 is 2.77 bits per heavy atom. The molecule has 2 fully saturated rings. The standard InChI is InChI=1S/C16H27N5O/c1-11-12(2)22-15(20-11)9-19-16(17-3)18-8-13-6-7-21(10-13)14-4-5-14/h13-14H,4-10H2,1-3H3,(H2,17,18,19). The minimum absolute atomic E-state index is 0.563. The maximum absolute atomic E-state index is 5.57. The number of likely N-dealkylation sites (tertiary alicyclic amines) is 1. The van der Waals surface area contributed by atoms with Crippen molar-refractivity contribution in [1.82, 2.24) is 20.5 Å². The Balaban J connectivity index is 1.40. The maximum Gasteiger partial charge on any atom is 0.214 e. The van der Waals surface area contributed by atoms with E-state index in [9.17, 15) is 0 Å². The molecule has 122 valence electrons. The summed E-state index contributed by atoms with van der Waals surface area (Å²) in [6, 6.07) is 0.888. The molecule has 1 aromatic rings. The molecule has 2 aliphatic rings. The lowest BCUT2D eigenvalue weighted by Crippen LogP contribution is -2.40. The summed E-state index contributed by atoms with van der Waals surface area (Å²) in [6.07, 6.45) is 4.09. The molecule has 0 amide bonds. The fourth-order valence-electron chi connectivity index (χ4n) is 3.04. The van der Waals surface area contributed by atoms with Gasteiger partial charge in [0.15, 0.2) is 5.96 Å². The molecule has 0 radical (unpaired) electrons. The number of nitrogens with one attached hydrogen (secondary N) is 2. The molecule has 0 bridgehead atoms. The van der Waals surface area contributed by atoms with Gasteiger partial charge in [0.05, 0.1) is 12.2 Å². The number of guanidine groups is 1. The Labute approximate surface area is 132 Å². The average molecular weight is 305 g/mol. The molecular weight excluding hydrogens is 278 g/mol. The molecule has 6 heteroatoms. The quantitative estimate of drug-likeness (QED) is 0.636. The van der Waals surface area contributed by atoms with Crippen molar-refractivity contribution in [2.75, 3.05) is 26.7 Å². The van der Waals surface area contributed by atoms with Crippen LogP contribution in [0.15, 0.2) is 9.41 Å². The van der Waals surface area contributed by atoms with E-state index in [1.165, 1.54) is 32.4 Å². The van der Waals surface area contributed by atoms with Crippen molar-refractivity contribution in [3.63, 3.8) is 0 Å². The first kappa shape index (κ1) is 15.3. The van der Waals surface area contributed by atoms with Gasteiger partial charge in [-0.25, -0.2) is 4.98 Å². The number of aliphatic imine (C=N–C) groups is 1. The van der Waals surface area contributed by atoms with Gasteiger partial charge in [-0.05, 0) is 45.6 Å². The zero-order valence-electron chi connectivity index (χ0n) is 13.9. The lowest BCUT2D eigenvalue weighted by Gasteiger charge is -2.16. The molecule has 3 rings (SSSR count). The third-order valence-corrected chi connectivity index (χ3v) is 4.64. The minimum Gasteiger partial charge on any atom is -0.444 e. The van der Waals surface area contributed by atoms with Crippen LogP contribution in [0.1, 0.15) is 36.6 Å². The first-order valence-corrected chi connectivity index (χ1v) is 8.27. The molecule has 1 unspecified atom stereocenters. The van der Waals surface area contributed by atoms with Crippen LogP contribution in [0.25, 0.3) is 0 Å². The van der Waals surface area contributed by atoms with Gasteiger partial charge >= 0.3 is 0 Å². The van der Waals surface area contributed by atoms with Gasteiger partial charge in [-0.2, -0.15) is 0 Å². The van der Waals surface area contributed by atoms with Crippen LogP contribution in [0.4, 0.5) is 0 Å². The van der Waals surface area contributed by atoms with Crippen molar-refractivity contribution in [2.45, 2.75) is 45.7 Å². The van der Waals surface area contributed by atoms with Crippen molar-refractivity contribution < 1.29 is 4.42 Å². The fraction of sp³-hybridized carbons (Fsp3) is 0.750. The molecule has 1 atom stereocenters. The summed E-state index contributed by atoms with van der Waals surface area (Å²) in [7, 11) is 1.80. The second kappa shape index (κ2) is 6.69. The van der Waals surface area contributed by atoms with Gasteiger partial charge in [-0.15, -0.1) is 0 Å². The van der Waals surface area contributed by atoms with Crippen molar-refractivity contribution >= 4 is 5.96 Å². The zero-order chi connectivity index (χ0) is 15.5. The molecule has 1 aromatic heterocycles. The highest BCUT2D eigenvalue weighted by molar-refractivity contribution is 5.79. The van der Waals surface area contributed by atoms with E-state index in [4.69, 9.17) is 4.42 Å². The fourth-order valence-corrected chi connectivity index (χ4v) is 3.04. The minimum atomic E-state index is 0.563. The number of rotatable bonds is 5.